The van der Waals surface area contributed by atoms with Crippen LogP contribution in [0.3, 0.4) is 0 Å². The first-order chi connectivity index (χ1) is 6.29. The first-order valence-corrected chi connectivity index (χ1v) is 4.76. The van der Waals surface area contributed by atoms with Crippen molar-refractivity contribution >= 4 is 0 Å². The molecule has 0 bridgehead atoms. The molecule has 70 valence electrons. The van der Waals surface area contributed by atoms with Crippen molar-refractivity contribution in [1.82, 2.24) is 0 Å². The molecular formula is C11H15NO. The number of ether oxygens (including phenoxy) is 1. The van der Waals surface area contributed by atoms with Crippen molar-refractivity contribution in [3.63, 3.8) is 0 Å². The van der Waals surface area contributed by atoms with Gasteiger partial charge in [-0.15, -0.1) is 0 Å². The van der Waals surface area contributed by atoms with E-state index in [4.69, 9.17) is 10.5 Å². The van der Waals surface area contributed by atoms with E-state index in [1.807, 2.05) is 18.2 Å². The van der Waals surface area contributed by atoms with E-state index < -0.39 is 0 Å². The third-order valence-corrected chi connectivity index (χ3v) is 2.64. The van der Waals surface area contributed by atoms with Crippen LogP contribution in [0.2, 0.25) is 0 Å². The number of fused-ring (bicyclic) bond motifs is 1. The van der Waals surface area contributed by atoms with E-state index in [-0.39, 0.29) is 6.04 Å². The third kappa shape index (κ3) is 1.54. The minimum absolute atomic E-state index is 0.213. The van der Waals surface area contributed by atoms with E-state index in [0.717, 1.165) is 18.8 Å². The fourth-order valence-electron chi connectivity index (χ4n) is 1.92. The van der Waals surface area contributed by atoms with Gasteiger partial charge < -0.3 is 10.5 Å². The lowest BCUT2D eigenvalue weighted by molar-refractivity contribution is 0.258. The van der Waals surface area contributed by atoms with E-state index >= 15 is 0 Å². The molecule has 0 radical (unpaired) electrons. The minimum atomic E-state index is 0.213. The Morgan fingerprint density at radius 3 is 3.00 bits per heavy atom. The standard InChI is InChI=1S/C11H15NO/c1-8(12)9-6-7-13-11-5-3-2-4-10(9)11/h2-5,8-9H,6-7,12H2,1H3. The second kappa shape index (κ2) is 3.38. The van der Waals surface area contributed by atoms with Gasteiger partial charge in [0.1, 0.15) is 5.75 Å². The molecule has 2 atom stereocenters. The van der Waals surface area contributed by atoms with Crippen molar-refractivity contribution < 1.29 is 4.74 Å². The smallest absolute Gasteiger partial charge is 0.122 e. The lowest BCUT2D eigenvalue weighted by atomic mass is 9.88. The molecule has 1 heterocycles. The van der Waals surface area contributed by atoms with E-state index in [9.17, 15) is 0 Å². The highest BCUT2D eigenvalue weighted by atomic mass is 16.5. The van der Waals surface area contributed by atoms with Gasteiger partial charge in [-0.05, 0) is 25.0 Å². The normalized spacial score (nSPS) is 23.1. The zero-order valence-corrected chi connectivity index (χ0v) is 7.86. The van der Waals surface area contributed by atoms with Crippen LogP contribution in [0.15, 0.2) is 24.3 Å². The number of para-hydroxylation sites is 1. The van der Waals surface area contributed by atoms with Gasteiger partial charge in [-0.25, -0.2) is 0 Å². The summed E-state index contributed by atoms with van der Waals surface area (Å²) in [6, 6.07) is 8.39. The Morgan fingerprint density at radius 1 is 1.46 bits per heavy atom. The van der Waals surface area contributed by atoms with Crippen molar-refractivity contribution in [3.05, 3.63) is 29.8 Å². The summed E-state index contributed by atoms with van der Waals surface area (Å²) in [5, 5.41) is 0. The molecule has 0 amide bonds. The predicted molar refractivity (Wildman–Crippen MR) is 52.9 cm³/mol. The molecule has 1 aromatic carbocycles. The van der Waals surface area contributed by atoms with E-state index in [0.29, 0.717) is 5.92 Å². The summed E-state index contributed by atoms with van der Waals surface area (Å²) in [6.07, 6.45) is 1.04. The van der Waals surface area contributed by atoms with Gasteiger partial charge in [0.25, 0.3) is 0 Å². The van der Waals surface area contributed by atoms with Crippen LogP contribution in [0.4, 0.5) is 0 Å². The van der Waals surface area contributed by atoms with Gasteiger partial charge in [0.2, 0.25) is 0 Å². The molecule has 2 heteroatoms. The van der Waals surface area contributed by atoms with Crippen LogP contribution in [0.25, 0.3) is 0 Å². The maximum absolute atomic E-state index is 5.93. The highest BCUT2D eigenvalue weighted by molar-refractivity contribution is 5.38. The third-order valence-electron chi connectivity index (χ3n) is 2.64. The fourth-order valence-corrected chi connectivity index (χ4v) is 1.92. The summed E-state index contributed by atoms with van der Waals surface area (Å²) in [6.45, 7) is 2.86. The summed E-state index contributed by atoms with van der Waals surface area (Å²) < 4.78 is 5.55. The molecule has 0 spiro atoms. The second-order valence-corrected chi connectivity index (χ2v) is 3.64. The molecule has 2 rings (SSSR count). The van der Waals surface area contributed by atoms with E-state index in [2.05, 4.69) is 13.0 Å². The van der Waals surface area contributed by atoms with Crippen LogP contribution in [-0.4, -0.2) is 12.6 Å². The van der Waals surface area contributed by atoms with Crippen LogP contribution in [0.5, 0.6) is 5.75 Å². The molecule has 1 aromatic rings. The average molecular weight is 177 g/mol. The van der Waals surface area contributed by atoms with Gasteiger partial charge in [-0.3, -0.25) is 0 Å². The Kier molecular flexibility index (Phi) is 2.23. The van der Waals surface area contributed by atoms with E-state index in [1.165, 1.54) is 5.56 Å². The lowest BCUT2D eigenvalue weighted by Gasteiger charge is -2.28. The Hall–Kier alpha value is -1.02. The molecule has 0 aromatic heterocycles. The van der Waals surface area contributed by atoms with Crippen LogP contribution < -0.4 is 10.5 Å². The molecule has 1 aliphatic heterocycles. The molecule has 2 unspecified atom stereocenters. The summed E-state index contributed by atoms with van der Waals surface area (Å²) in [4.78, 5) is 0. The van der Waals surface area contributed by atoms with Crippen molar-refractivity contribution in [3.8, 4) is 5.75 Å². The summed E-state index contributed by atoms with van der Waals surface area (Å²) in [5.41, 5.74) is 7.19. The molecule has 0 saturated carbocycles. The fraction of sp³-hybridized carbons (Fsp3) is 0.455. The van der Waals surface area contributed by atoms with Crippen molar-refractivity contribution in [1.29, 1.82) is 0 Å². The highest BCUT2D eigenvalue weighted by Gasteiger charge is 2.23. The van der Waals surface area contributed by atoms with Gasteiger partial charge in [-0.2, -0.15) is 0 Å². The van der Waals surface area contributed by atoms with Gasteiger partial charge in [0.05, 0.1) is 6.61 Å². The molecule has 13 heavy (non-hydrogen) atoms. The maximum atomic E-state index is 5.93. The van der Waals surface area contributed by atoms with Gasteiger partial charge in [0.15, 0.2) is 0 Å². The molecule has 2 N–H and O–H groups in total. The largest absolute Gasteiger partial charge is 0.493 e. The minimum Gasteiger partial charge on any atom is -0.493 e. The number of hydrogen-bond donors (Lipinski definition) is 1. The highest BCUT2D eigenvalue weighted by Crippen LogP contribution is 2.34. The topological polar surface area (TPSA) is 35.2 Å². The Balaban J connectivity index is 2.37. The second-order valence-electron chi connectivity index (χ2n) is 3.64. The first kappa shape index (κ1) is 8.57. The number of hydrogen-bond acceptors (Lipinski definition) is 2. The number of nitrogens with two attached hydrogens (primary N) is 1. The van der Waals surface area contributed by atoms with Crippen molar-refractivity contribution in [2.75, 3.05) is 6.61 Å². The number of benzene rings is 1. The van der Waals surface area contributed by atoms with Crippen LogP contribution in [0.1, 0.15) is 24.8 Å². The molecule has 0 aliphatic carbocycles. The predicted octanol–water partition coefficient (Wildman–Crippen LogP) is 1.90. The maximum Gasteiger partial charge on any atom is 0.122 e. The summed E-state index contributed by atoms with van der Waals surface area (Å²) in [7, 11) is 0. The molecule has 0 saturated heterocycles. The van der Waals surface area contributed by atoms with Gasteiger partial charge in [-0.1, -0.05) is 18.2 Å². The van der Waals surface area contributed by atoms with Crippen LogP contribution >= 0.6 is 0 Å². The first-order valence-electron chi connectivity index (χ1n) is 4.76. The Bertz CT molecular complexity index is 296. The molecule has 2 nitrogen and oxygen atoms in total. The van der Waals surface area contributed by atoms with Crippen LogP contribution in [-0.2, 0) is 0 Å². The van der Waals surface area contributed by atoms with Crippen LogP contribution in [0, 0.1) is 0 Å². The quantitative estimate of drug-likeness (QED) is 0.711. The Morgan fingerprint density at radius 2 is 2.23 bits per heavy atom. The summed E-state index contributed by atoms with van der Waals surface area (Å²) in [5.74, 6) is 1.47. The SMILES string of the molecule is CC(N)C1CCOc2ccccc21. The average Bonchev–Trinajstić information content (AvgIpc) is 2.17. The van der Waals surface area contributed by atoms with Crippen molar-refractivity contribution in [2.45, 2.75) is 25.3 Å². The molecule has 0 fully saturated rings. The molecular weight excluding hydrogens is 162 g/mol. The summed E-state index contributed by atoms with van der Waals surface area (Å²) >= 11 is 0. The zero-order chi connectivity index (χ0) is 9.26. The van der Waals surface area contributed by atoms with E-state index in [1.54, 1.807) is 0 Å². The number of rotatable bonds is 1. The monoisotopic (exact) mass is 177 g/mol. The van der Waals surface area contributed by atoms with Gasteiger partial charge in [0, 0.05) is 12.0 Å². The lowest BCUT2D eigenvalue weighted by Crippen LogP contribution is -2.29. The zero-order valence-electron chi connectivity index (χ0n) is 7.86. The van der Waals surface area contributed by atoms with Gasteiger partial charge >= 0.3 is 0 Å². The Labute approximate surface area is 78.7 Å². The molecule has 1 aliphatic rings. The van der Waals surface area contributed by atoms with Crippen molar-refractivity contribution in [2.24, 2.45) is 5.73 Å².